The van der Waals surface area contributed by atoms with E-state index in [4.69, 9.17) is 10.6 Å². The third-order valence-electron chi connectivity index (χ3n) is 1.87. The van der Waals surface area contributed by atoms with Gasteiger partial charge in [-0.05, 0) is 46.4 Å². The van der Waals surface area contributed by atoms with Crippen molar-refractivity contribution in [3.05, 3.63) is 31.8 Å². The normalized spacial score (nSPS) is 12.9. The fourth-order valence-corrected chi connectivity index (χ4v) is 2.21. The molecule has 0 aliphatic rings. The molecule has 0 fully saturated rings. The maximum atomic E-state index is 5.46. The summed E-state index contributed by atoms with van der Waals surface area (Å²) in [5, 5.41) is 0. The summed E-state index contributed by atoms with van der Waals surface area (Å²) in [6.45, 7) is 0.551. The van der Waals surface area contributed by atoms with Crippen LogP contribution in [0.3, 0.4) is 0 Å². The highest BCUT2D eigenvalue weighted by Gasteiger charge is 2.12. The molecule has 0 aliphatic carbocycles. The molecule has 1 aromatic rings. The highest BCUT2D eigenvalue weighted by atomic mass is 127. The highest BCUT2D eigenvalue weighted by molar-refractivity contribution is 14.1. The topological polar surface area (TPSA) is 47.3 Å². The van der Waals surface area contributed by atoms with Gasteiger partial charge in [0.05, 0.1) is 12.6 Å². The predicted octanol–water partition coefficient (Wildman–Crippen LogP) is 2.20. The Bertz CT molecular complexity index is 309. The molecule has 1 aromatic carbocycles. The first-order valence-electron chi connectivity index (χ1n) is 4.09. The predicted molar refractivity (Wildman–Crippen MR) is 68.8 cm³/mol. The minimum absolute atomic E-state index is 0.0177. The molecule has 1 unspecified atom stereocenters. The van der Waals surface area contributed by atoms with E-state index in [-0.39, 0.29) is 6.04 Å². The molecule has 0 aliphatic heterocycles. The lowest BCUT2D eigenvalue weighted by Gasteiger charge is -2.17. The number of halogens is 2. The van der Waals surface area contributed by atoms with Gasteiger partial charge >= 0.3 is 0 Å². The number of methoxy groups -OCH3 is 1. The molecule has 5 heteroatoms. The number of benzene rings is 1. The molecule has 78 valence electrons. The third kappa shape index (κ3) is 3.16. The number of hydrogen-bond acceptors (Lipinski definition) is 3. The third-order valence-corrected chi connectivity index (χ3v) is 3.26. The van der Waals surface area contributed by atoms with E-state index in [1.165, 1.54) is 3.57 Å². The van der Waals surface area contributed by atoms with Crippen molar-refractivity contribution in [3.63, 3.8) is 0 Å². The summed E-state index contributed by atoms with van der Waals surface area (Å²) in [5.74, 6) is 5.46. The van der Waals surface area contributed by atoms with E-state index in [1.807, 2.05) is 12.1 Å². The number of nitrogens with two attached hydrogens (primary N) is 1. The van der Waals surface area contributed by atoms with Crippen molar-refractivity contribution < 1.29 is 4.74 Å². The van der Waals surface area contributed by atoms with Crippen molar-refractivity contribution in [2.75, 3.05) is 13.7 Å². The van der Waals surface area contributed by atoms with Gasteiger partial charge in [-0.1, -0.05) is 15.9 Å². The van der Waals surface area contributed by atoms with Gasteiger partial charge in [0.15, 0.2) is 0 Å². The molecule has 0 heterocycles. The Labute approximate surface area is 106 Å². The van der Waals surface area contributed by atoms with E-state index in [9.17, 15) is 0 Å². The van der Waals surface area contributed by atoms with Crippen LogP contribution in [0.5, 0.6) is 0 Å². The first-order valence-corrected chi connectivity index (χ1v) is 5.96. The van der Waals surface area contributed by atoms with Gasteiger partial charge in [0.2, 0.25) is 0 Å². The van der Waals surface area contributed by atoms with Crippen LogP contribution in [0.25, 0.3) is 0 Å². The fraction of sp³-hybridized carbons (Fsp3) is 0.333. The van der Waals surface area contributed by atoms with Crippen molar-refractivity contribution in [2.45, 2.75) is 6.04 Å². The Morgan fingerprint density at radius 2 is 2.36 bits per heavy atom. The second-order valence-corrected chi connectivity index (χ2v) is 4.94. The molecule has 3 N–H and O–H groups in total. The fourth-order valence-electron chi connectivity index (χ4n) is 1.18. The Hall–Kier alpha value is 0.310. The Balaban J connectivity index is 2.96. The molecule has 1 rings (SSSR count). The molecule has 1 atom stereocenters. The zero-order chi connectivity index (χ0) is 10.6. The van der Waals surface area contributed by atoms with Gasteiger partial charge in [-0.15, -0.1) is 0 Å². The monoisotopic (exact) mass is 370 g/mol. The smallest absolute Gasteiger partial charge is 0.0705 e. The SMILES string of the molecule is COCC(NN)c1cc(I)ccc1Br. The van der Waals surface area contributed by atoms with E-state index >= 15 is 0 Å². The summed E-state index contributed by atoms with van der Waals surface area (Å²) in [7, 11) is 1.66. The van der Waals surface area contributed by atoms with Crippen LogP contribution in [0.4, 0.5) is 0 Å². The molecule has 0 aromatic heterocycles. The largest absolute Gasteiger partial charge is 0.383 e. The molecular weight excluding hydrogens is 359 g/mol. The van der Waals surface area contributed by atoms with Gasteiger partial charge in [0.25, 0.3) is 0 Å². The minimum Gasteiger partial charge on any atom is -0.383 e. The van der Waals surface area contributed by atoms with Gasteiger partial charge in [-0.25, -0.2) is 0 Å². The first-order chi connectivity index (χ1) is 6.69. The maximum absolute atomic E-state index is 5.46. The van der Waals surface area contributed by atoms with Crippen LogP contribution >= 0.6 is 38.5 Å². The standard InChI is InChI=1S/C9H12BrIN2O/c1-14-5-9(13-12)7-4-6(11)2-3-8(7)10/h2-4,9,13H,5,12H2,1H3. The van der Waals surface area contributed by atoms with Gasteiger partial charge < -0.3 is 4.74 Å². The molecular formula is C9H12BrIN2O. The van der Waals surface area contributed by atoms with E-state index in [0.717, 1.165) is 10.0 Å². The van der Waals surface area contributed by atoms with Gasteiger partial charge in [-0.2, -0.15) is 0 Å². The number of ether oxygens (including phenoxy) is 1. The molecule has 0 bridgehead atoms. The van der Waals surface area contributed by atoms with E-state index in [2.05, 4.69) is 50.0 Å². The highest BCUT2D eigenvalue weighted by Crippen LogP contribution is 2.25. The van der Waals surface area contributed by atoms with E-state index < -0.39 is 0 Å². The van der Waals surface area contributed by atoms with Crippen LogP contribution in [0.2, 0.25) is 0 Å². The average molecular weight is 371 g/mol. The van der Waals surface area contributed by atoms with Crippen molar-refractivity contribution in [3.8, 4) is 0 Å². The minimum atomic E-state index is 0.0177. The lowest BCUT2D eigenvalue weighted by atomic mass is 10.1. The Kier molecular flexibility index (Phi) is 5.32. The quantitative estimate of drug-likeness (QED) is 0.485. The lowest BCUT2D eigenvalue weighted by molar-refractivity contribution is 0.167. The van der Waals surface area contributed by atoms with E-state index in [1.54, 1.807) is 7.11 Å². The molecule has 0 radical (unpaired) electrons. The van der Waals surface area contributed by atoms with Crippen LogP contribution in [0, 0.1) is 3.57 Å². The van der Waals surface area contributed by atoms with Crippen LogP contribution in [0.1, 0.15) is 11.6 Å². The van der Waals surface area contributed by atoms with Crippen LogP contribution in [-0.2, 0) is 4.74 Å². The van der Waals surface area contributed by atoms with Gasteiger partial charge in [0, 0.05) is 15.2 Å². The van der Waals surface area contributed by atoms with E-state index in [0.29, 0.717) is 6.61 Å². The summed E-state index contributed by atoms with van der Waals surface area (Å²) in [5.41, 5.74) is 3.84. The Morgan fingerprint density at radius 1 is 1.64 bits per heavy atom. The zero-order valence-corrected chi connectivity index (χ0v) is 11.5. The van der Waals surface area contributed by atoms with Gasteiger partial charge in [-0.3, -0.25) is 11.3 Å². The number of hydrogen-bond donors (Lipinski definition) is 2. The summed E-state index contributed by atoms with van der Waals surface area (Å²) < 4.78 is 7.30. The van der Waals surface area contributed by atoms with Crippen molar-refractivity contribution in [1.29, 1.82) is 0 Å². The molecule has 3 nitrogen and oxygen atoms in total. The summed E-state index contributed by atoms with van der Waals surface area (Å²) in [6, 6.07) is 6.14. The molecule has 0 spiro atoms. The van der Waals surface area contributed by atoms with Crippen molar-refractivity contribution in [2.24, 2.45) is 5.84 Å². The lowest BCUT2D eigenvalue weighted by Crippen LogP contribution is -2.31. The summed E-state index contributed by atoms with van der Waals surface area (Å²) >= 11 is 5.76. The average Bonchev–Trinajstić information content (AvgIpc) is 2.18. The summed E-state index contributed by atoms with van der Waals surface area (Å²) in [6.07, 6.45) is 0. The molecule has 0 saturated heterocycles. The molecule has 0 saturated carbocycles. The second kappa shape index (κ2) is 6.02. The Morgan fingerprint density at radius 3 is 2.93 bits per heavy atom. The van der Waals surface area contributed by atoms with Gasteiger partial charge in [0.1, 0.15) is 0 Å². The molecule has 0 amide bonds. The second-order valence-electron chi connectivity index (χ2n) is 2.84. The van der Waals surface area contributed by atoms with Crippen LogP contribution in [0.15, 0.2) is 22.7 Å². The first kappa shape index (κ1) is 12.4. The van der Waals surface area contributed by atoms with Crippen LogP contribution < -0.4 is 11.3 Å². The van der Waals surface area contributed by atoms with Crippen molar-refractivity contribution in [1.82, 2.24) is 5.43 Å². The maximum Gasteiger partial charge on any atom is 0.0705 e. The number of rotatable bonds is 4. The molecule has 14 heavy (non-hydrogen) atoms. The number of hydrazine groups is 1. The number of nitrogens with one attached hydrogen (secondary N) is 1. The zero-order valence-electron chi connectivity index (χ0n) is 7.76. The van der Waals surface area contributed by atoms with Crippen LogP contribution in [-0.4, -0.2) is 13.7 Å². The van der Waals surface area contributed by atoms with Crippen molar-refractivity contribution >= 4 is 38.5 Å². The summed E-state index contributed by atoms with van der Waals surface area (Å²) in [4.78, 5) is 0.